The number of ether oxygens (including phenoxy) is 1. The number of carbonyl (C=O) groups is 2. The Morgan fingerprint density at radius 3 is 2.42 bits per heavy atom. The molecule has 7 heteroatoms. The Bertz CT molecular complexity index is 1250. The first-order valence-electron chi connectivity index (χ1n) is 13.0. The predicted molar refractivity (Wildman–Crippen MR) is 142 cm³/mol. The lowest BCUT2D eigenvalue weighted by Gasteiger charge is -2.35. The predicted octanol–water partition coefficient (Wildman–Crippen LogP) is 4.94. The van der Waals surface area contributed by atoms with Crippen molar-refractivity contribution in [2.24, 2.45) is 0 Å². The first kappa shape index (κ1) is 25.5. The molecule has 3 aromatic rings. The zero-order valence-electron chi connectivity index (χ0n) is 21.1. The number of fused-ring (bicyclic) bond motifs is 1. The highest BCUT2D eigenvalue weighted by molar-refractivity contribution is 6.06. The monoisotopic (exact) mass is 489 g/mol. The Balaban J connectivity index is 1.87. The highest BCUT2D eigenvalue weighted by Crippen LogP contribution is 2.32. The molecule has 1 aliphatic carbocycles. The minimum absolute atomic E-state index is 0.0737. The molecule has 36 heavy (non-hydrogen) atoms. The van der Waals surface area contributed by atoms with Crippen molar-refractivity contribution in [3.05, 3.63) is 76.1 Å². The van der Waals surface area contributed by atoms with Crippen molar-refractivity contribution in [2.75, 3.05) is 11.5 Å². The van der Waals surface area contributed by atoms with Crippen LogP contribution in [0.3, 0.4) is 0 Å². The first-order valence-corrected chi connectivity index (χ1v) is 13.0. The average Bonchev–Trinajstić information content (AvgIpc) is 2.89. The molecule has 0 aliphatic heterocycles. The maximum atomic E-state index is 13.7. The Morgan fingerprint density at radius 2 is 1.72 bits per heavy atom. The molecule has 190 valence electrons. The van der Waals surface area contributed by atoms with Crippen molar-refractivity contribution < 1.29 is 14.3 Å². The number of aromatic nitrogens is 1. The molecule has 1 fully saturated rings. The fraction of sp³-hybridized carbons (Fsp3) is 0.414. The molecule has 0 saturated heterocycles. The van der Waals surface area contributed by atoms with Gasteiger partial charge in [0.25, 0.3) is 5.56 Å². The number of hydrogen-bond acceptors (Lipinski definition) is 5. The molecule has 0 bridgehead atoms. The van der Waals surface area contributed by atoms with Crippen molar-refractivity contribution in [1.29, 1.82) is 0 Å². The van der Waals surface area contributed by atoms with Crippen LogP contribution in [-0.4, -0.2) is 35.6 Å². The third-order valence-electron chi connectivity index (χ3n) is 6.87. The average molecular weight is 490 g/mol. The van der Waals surface area contributed by atoms with Gasteiger partial charge in [0.05, 0.1) is 17.8 Å². The van der Waals surface area contributed by atoms with Gasteiger partial charge in [-0.15, -0.1) is 0 Å². The van der Waals surface area contributed by atoms with E-state index in [0.29, 0.717) is 29.6 Å². The summed E-state index contributed by atoms with van der Waals surface area (Å²) in [6, 6.07) is 16.7. The molecule has 4 rings (SSSR count). The van der Waals surface area contributed by atoms with Gasteiger partial charge in [0.2, 0.25) is 5.91 Å². The van der Waals surface area contributed by atoms with E-state index in [-0.39, 0.29) is 24.1 Å². The van der Waals surface area contributed by atoms with Crippen LogP contribution in [0.5, 0.6) is 0 Å². The highest BCUT2D eigenvalue weighted by atomic mass is 16.5. The van der Waals surface area contributed by atoms with Crippen molar-refractivity contribution in [1.82, 2.24) is 10.3 Å². The van der Waals surface area contributed by atoms with Gasteiger partial charge in [-0.2, -0.15) is 0 Å². The van der Waals surface area contributed by atoms with Crippen LogP contribution in [0.15, 0.2) is 59.4 Å². The molecule has 0 radical (unpaired) electrons. The van der Waals surface area contributed by atoms with Crippen LogP contribution in [0.25, 0.3) is 10.9 Å². The van der Waals surface area contributed by atoms with Gasteiger partial charge < -0.3 is 19.9 Å². The molecule has 1 unspecified atom stereocenters. The SMILES string of the molecule is CCOC(=O)c1c(N(Cc2ccccc2)C(CC)C(=O)NC2CCCCC2)c2ccccc2[nH]c1=O. The van der Waals surface area contributed by atoms with Gasteiger partial charge >= 0.3 is 5.97 Å². The summed E-state index contributed by atoms with van der Waals surface area (Å²) in [6.07, 6.45) is 5.88. The number of aromatic amines is 1. The maximum absolute atomic E-state index is 13.7. The van der Waals surface area contributed by atoms with Gasteiger partial charge in [0.15, 0.2) is 0 Å². The van der Waals surface area contributed by atoms with E-state index in [2.05, 4.69) is 10.3 Å². The summed E-state index contributed by atoms with van der Waals surface area (Å²) in [5.74, 6) is -0.778. The topological polar surface area (TPSA) is 91.5 Å². The molecule has 0 spiro atoms. The van der Waals surface area contributed by atoms with E-state index in [1.807, 2.05) is 60.4 Å². The number of H-pyrrole nitrogens is 1. The van der Waals surface area contributed by atoms with Crippen molar-refractivity contribution >= 4 is 28.5 Å². The van der Waals surface area contributed by atoms with Crippen LogP contribution in [0.4, 0.5) is 5.69 Å². The zero-order chi connectivity index (χ0) is 25.5. The van der Waals surface area contributed by atoms with Gasteiger partial charge in [-0.25, -0.2) is 4.79 Å². The fourth-order valence-corrected chi connectivity index (χ4v) is 5.13. The molecule has 7 nitrogen and oxygen atoms in total. The Labute approximate surface area is 211 Å². The van der Waals surface area contributed by atoms with Crippen molar-refractivity contribution in [2.45, 2.75) is 71.0 Å². The van der Waals surface area contributed by atoms with Crippen LogP contribution in [0, 0.1) is 0 Å². The molecule has 2 N–H and O–H groups in total. The van der Waals surface area contributed by atoms with Gasteiger partial charge in [0.1, 0.15) is 11.6 Å². The summed E-state index contributed by atoms with van der Waals surface area (Å²) in [7, 11) is 0. The Hall–Kier alpha value is -3.61. The lowest BCUT2D eigenvalue weighted by atomic mass is 9.95. The second kappa shape index (κ2) is 11.9. The molecular weight excluding hydrogens is 454 g/mol. The van der Waals surface area contributed by atoms with E-state index in [4.69, 9.17) is 4.74 Å². The van der Waals surface area contributed by atoms with E-state index >= 15 is 0 Å². The number of rotatable bonds is 9. The summed E-state index contributed by atoms with van der Waals surface area (Å²) in [5, 5.41) is 3.95. The van der Waals surface area contributed by atoms with E-state index in [0.717, 1.165) is 31.2 Å². The summed E-state index contributed by atoms with van der Waals surface area (Å²) in [6.45, 7) is 4.17. The van der Waals surface area contributed by atoms with E-state index in [1.165, 1.54) is 6.42 Å². The number of pyridine rings is 1. The molecule has 1 aromatic heterocycles. The second-order valence-corrected chi connectivity index (χ2v) is 9.32. The third-order valence-corrected chi connectivity index (χ3v) is 6.87. The van der Waals surface area contributed by atoms with Crippen molar-refractivity contribution in [3.8, 4) is 0 Å². The Kier molecular flexibility index (Phi) is 8.41. The number of benzene rings is 2. The lowest BCUT2D eigenvalue weighted by Crippen LogP contribution is -2.50. The molecule has 1 aliphatic rings. The number of para-hydroxylation sites is 1. The summed E-state index contributed by atoms with van der Waals surface area (Å²) >= 11 is 0. The molecule has 1 atom stereocenters. The molecular formula is C29H35N3O4. The standard InChI is InChI=1S/C29H35N3O4/c1-3-24(27(33)30-21-15-9-6-10-16-21)32(19-20-13-7-5-8-14-20)26-22-17-11-12-18-23(22)31-28(34)25(26)29(35)36-4-2/h5,7-8,11-14,17-18,21,24H,3-4,6,9-10,15-16,19H2,1-2H3,(H,30,33)(H,31,34). The zero-order valence-corrected chi connectivity index (χ0v) is 21.1. The maximum Gasteiger partial charge on any atom is 0.345 e. The summed E-state index contributed by atoms with van der Waals surface area (Å²) in [5.41, 5.74) is 1.41. The number of nitrogens with one attached hydrogen (secondary N) is 2. The van der Waals surface area contributed by atoms with E-state index in [1.54, 1.807) is 13.0 Å². The van der Waals surface area contributed by atoms with Crippen molar-refractivity contribution in [3.63, 3.8) is 0 Å². The number of esters is 1. The highest BCUT2D eigenvalue weighted by Gasteiger charge is 2.33. The minimum Gasteiger partial charge on any atom is -0.462 e. The largest absolute Gasteiger partial charge is 0.462 e. The molecule has 1 amide bonds. The smallest absolute Gasteiger partial charge is 0.345 e. The second-order valence-electron chi connectivity index (χ2n) is 9.32. The molecule has 1 saturated carbocycles. The van der Waals surface area contributed by atoms with Crippen LogP contribution < -0.4 is 15.8 Å². The van der Waals surface area contributed by atoms with E-state index < -0.39 is 17.6 Å². The van der Waals surface area contributed by atoms with Gasteiger partial charge in [-0.3, -0.25) is 9.59 Å². The van der Waals surface area contributed by atoms with E-state index in [9.17, 15) is 14.4 Å². The van der Waals surface area contributed by atoms with Crippen LogP contribution in [-0.2, 0) is 16.1 Å². The van der Waals surface area contributed by atoms with Gasteiger partial charge in [0, 0.05) is 18.0 Å². The van der Waals surface area contributed by atoms with Crippen LogP contribution in [0.2, 0.25) is 0 Å². The quantitative estimate of drug-likeness (QED) is 0.416. The third kappa shape index (κ3) is 5.61. The lowest BCUT2D eigenvalue weighted by molar-refractivity contribution is -0.123. The fourth-order valence-electron chi connectivity index (χ4n) is 5.13. The minimum atomic E-state index is -0.694. The van der Waals surface area contributed by atoms with Gasteiger partial charge in [-0.1, -0.05) is 74.7 Å². The van der Waals surface area contributed by atoms with Crippen LogP contribution >= 0.6 is 0 Å². The Morgan fingerprint density at radius 1 is 1.03 bits per heavy atom. The number of anilines is 1. The first-order chi connectivity index (χ1) is 17.5. The van der Waals surface area contributed by atoms with Crippen LogP contribution in [0.1, 0.15) is 68.3 Å². The molecule has 2 aromatic carbocycles. The number of hydrogen-bond donors (Lipinski definition) is 2. The number of carbonyl (C=O) groups excluding carboxylic acids is 2. The van der Waals surface area contributed by atoms with Gasteiger partial charge in [-0.05, 0) is 37.8 Å². The number of nitrogens with zero attached hydrogens (tertiary/aromatic N) is 1. The number of amides is 1. The summed E-state index contributed by atoms with van der Waals surface area (Å²) < 4.78 is 5.31. The molecule has 1 heterocycles. The summed E-state index contributed by atoms with van der Waals surface area (Å²) in [4.78, 5) is 44.8. The normalized spacial score (nSPS) is 14.8.